The number of carboxylic acids is 2. The number of aliphatic hydroxyl groups is 1. The lowest BCUT2D eigenvalue weighted by atomic mass is 9.83. The Balaban J connectivity index is 0.000000412. The number of rotatable bonds is 5. The van der Waals surface area contributed by atoms with Gasteiger partial charge in [-0.3, -0.25) is 4.79 Å². The second-order valence-electron chi connectivity index (χ2n) is 5.36. The van der Waals surface area contributed by atoms with E-state index in [0.717, 1.165) is 11.0 Å². The van der Waals surface area contributed by atoms with Gasteiger partial charge in [-0.2, -0.15) is 13.2 Å². The van der Waals surface area contributed by atoms with E-state index in [1.807, 2.05) is 0 Å². The highest BCUT2D eigenvalue weighted by molar-refractivity contribution is 6.49. The van der Waals surface area contributed by atoms with Crippen LogP contribution in [0.15, 0.2) is 12.1 Å². The van der Waals surface area contributed by atoms with Crippen LogP contribution in [0.4, 0.5) is 13.2 Å². The molecule has 1 atom stereocenters. The van der Waals surface area contributed by atoms with Crippen molar-refractivity contribution in [1.29, 1.82) is 0 Å². The van der Waals surface area contributed by atoms with E-state index in [1.165, 1.54) is 0 Å². The highest BCUT2D eigenvalue weighted by Crippen LogP contribution is 2.33. The summed E-state index contributed by atoms with van der Waals surface area (Å²) in [5.41, 5.74) is 7.38. The molecule has 0 aliphatic carbocycles. The average molecular weight is 379 g/mol. The van der Waals surface area contributed by atoms with Gasteiger partial charge in [0.25, 0.3) is 0 Å². The van der Waals surface area contributed by atoms with Gasteiger partial charge in [-0.05, 0) is 30.1 Å². The predicted octanol–water partition coefficient (Wildman–Crippen LogP) is -0.407. The summed E-state index contributed by atoms with van der Waals surface area (Å²) in [6, 6.07) is 3.49. The second kappa shape index (κ2) is 8.38. The van der Waals surface area contributed by atoms with Gasteiger partial charge in [0.05, 0.1) is 0 Å². The normalized spacial score (nSPS) is 18.2. The van der Waals surface area contributed by atoms with E-state index >= 15 is 0 Å². The largest absolute Gasteiger partial charge is 0.492 e. The number of ether oxygens (including phenoxy) is 1. The molecule has 1 aliphatic rings. The predicted molar refractivity (Wildman–Crippen MR) is 83.4 cm³/mol. The second-order valence-corrected chi connectivity index (χ2v) is 5.36. The van der Waals surface area contributed by atoms with E-state index in [9.17, 15) is 23.1 Å². The lowest BCUT2D eigenvalue weighted by Gasteiger charge is -2.24. The Morgan fingerprint density at radius 2 is 1.92 bits per heavy atom. The van der Waals surface area contributed by atoms with E-state index < -0.39 is 30.3 Å². The van der Waals surface area contributed by atoms with Crippen molar-refractivity contribution in [3.05, 3.63) is 23.3 Å². The third-order valence-corrected chi connectivity index (χ3v) is 3.27. The first kappa shape index (κ1) is 21.7. The van der Waals surface area contributed by atoms with Crippen LogP contribution in [0.1, 0.15) is 17.5 Å². The molecule has 1 heterocycles. The number of halogens is 3. The molecule has 144 valence electrons. The number of hydrogen-bond acceptors (Lipinski definition) is 6. The van der Waals surface area contributed by atoms with E-state index in [0.29, 0.717) is 24.5 Å². The molecule has 8 nitrogen and oxygen atoms in total. The number of aliphatic carboxylic acids is 2. The zero-order valence-electron chi connectivity index (χ0n) is 13.7. The number of carbonyl (C=O) groups is 2. The Bertz CT molecular complexity index is 683. The minimum Gasteiger partial charge on any atom is -0.492 e. The molecule has 0 aromatic heterocycles. The van der Waals surface area contributed by atoms with Gasteiger partial charge in [0.1, 0.15) is 18.8 Å². The SMILES string of the molecule is Cc1cc(OCCN)cc2c1C(O)(CC(=O)O)OB2.O=C(O)C(F)(F)F. The van der Waals surface area contributed by atoms with Gasteiger partial charge in [-0.15, -0.1) is 0 Å². The first-order chi connectivity index (χ1) is 11.9. The summed E-state index contributed by atoms with van der Waals surface area (Å²) in [6.45, 7) is 2.60. The molecule has 0 saturated heterocycles. The number of alkyl halides is 3. The van der Waals surface area contributed by atoms with Gasteiger partial charge in [0, 0.05) is 12.1 Å². The third kappa shape index (κ3) is 5.61. The van der Waals surface area contributed by atoms with E-state index in [2.05, 4.69) is 0 Å². The van der Waals surface area contributed by atoms with Crippen LogP contribution in [0.5, 0.6) is 5.75 Å². The maximum absolute atomic E-state index is 10.8. The van der Waals surface area contributed by atoms with Crippen LogP contribution < -0.4 is 15.9 Å². The number of nitrogens with two attached hydrogens (primary N) is 1. The molecule has 0 fully saturated rings. The third-order valence-electron chi connectivity index (χ3n) is 3.27. The summed E-state index contributed by atoms with van der Waals surface area (Å²) in [7, 11) is 0.166. The Kier molecular flexibility index (Phi) is 7.01. The first-order valence-corrected chi connectivity index (χ1v) is 7.26. The van der Waals surface area contributed by atoms with Crippen molar-refractivity contribution in [1.82, 2.24) is 0 Å². The van der Waals surface area contributed by atoms with E-state index in [1.54, 1.807) is 19.1 Å². The molecule has 1 aromatic carbocycles. The minimum atomic E-state index is -5.08. The number of fused-ring (bicyclic) bond motifs is 1. The summed E-state index contributed by atoms with van der Waals surface area (Å²) in [4.78, 5) is 19.7. The molecular weight excluding hydrogens is 362 g/mol. The van der Waals surface area contributed by atoms with Crippen molar-refractivity contribution >= 4 is 24.9 Å². The topological polar surface area (TPSA) is 139 Å². The summed E-state index contributed by atoms with van der Waals surface area (Å²) in [5.74, 6) is -4.98. The van der Waals surface area contributed by atoms with Crippen molar-refractivity contribution in [2.45, 2.75) is 25.3 Å². The maximum Gasteiger partial charge on any atom is 0.490 e. The summed E-state index contributed by atoms with van der Waals surface area (Å²) in [6.07, 6.45) is -5.57. The van der Waals surface area contributed by atoms with Gasteiger partial charge in [-0.25, -0.2) is 4.79 Å². The van der Waals surface area contributed by atoms with Crippen LogP contribution >= 0.6 is 0 Å². The summed E-state index contributed by atoms with van der Waals surface area (Å²) < 4.78 is 42.4. The van der Waals surface area contributed by atoms with E-state index in [4.69, 9.17) is 30.1 Å². The lowest BCUT2D eigenvalue weighted by molar-refractivity contribution is -0.192. The molecule has 0 spiro atoms. The molecular formula is C14H17BF3NO7. The van der Waals surface area contributed by atoms with Gasteiger partial charge in [0.15, 0.2) is 5.79 Å². The molecule has 1 unspecified atom stereocenters. The highest BCUT2D eigenvalue weighted by Gasteiger charge is 2.42. The van der Waals surface area contributed by atoms with Crippen molar-refractivity contribution in [2.75, 3.05) is 13.2 Å². The van der Waals surface area contributed by atoms with Gasteiger partial charge in [0.2, 0.25) is 0 Å². The molecule has 12 heteroatoms. The molecule has 26 heavy (non-hydrogen) atoms. The zero-order chi connectivity index (χ0) is 20.1. The minimum absolute atomic E-state index is 0.166. The molecule has 0 amide bonds. The molecule has 2 rings (SSSR count). The highest BCUT2D eigenvalue weighted by atomic mass is 19.4. The van der Waals surface area contributed by atoms with Gasteiger partial charge in [-0.1, -0.05) is 0 Å². The van der Waals surface area contributed by atoms with Crippen molar-refractivity contribution in [2.24, 2.45) is 5.73 Å². The van der Waals surface area contributed by atoms with Crippen molar-refractivity contribution in [3.63, 3.8) is 0 Å². The van der Waals surface area contributed by atoms with Crippen molar-refractivity contribution < 1.29 is 47.5 Å². The number of carboxylic acid groups (broad SMARTS) is 2. The molecule has 1 aromatic rings. The van der Waals surface area contributed by atoms with Crippen LogP contribution in [0.3, 0.4) is 0 Å². The maximum atomic E-state index is 10.8. The number of hydrogen-bond donors (Lipinski definition) is 4. The van der Waals surface area contributed by atoms with Crippen LogP contribution in [-0.4, -0.2) is 54.1 Å². The fourth-order valence-electron chi connectivity index (χ4n) is 2.37. The van der Waals surface area contributed by atoms with Gasteiger partial charge >= 0.3 is 25.6 Å². The first-order valence-electron chi connectivity index (χ1n) is 7.26. The average Bonchev–Trinajstić information content (AvgIpc) is 2.81. The number of aryl methyl sites for hydroxylation is 1. The van der Waals surface area contributed by atoms with Crippen LogP contribution in [0.25, 0.3) is 0 Å². The number of benzene rings is 1. The fourth-order valence-corrected chi connectivity index (χ4v) is 2.37. The standard InChI is InChI=1S/C12H16BNO5.C2HF3O2/c1-7-4-8(18-3-2-14)5-9-11(7)12(17,19-13-9)6-10(15)16;3-2(4,5)1(6)7/h4-5,13,17H,2-3,6,14H2,1H3,(H,15,16);(H,6,7). The Hall–Kier alpha value is -2.31. The van der Waals surface area contributed by atoms with Crippen LogP contribution in [-0.2, 0) is 20.0 Å². The van der Waals surface area contributed by atoms with E-state index in [-0.39, 0.29) is 7.48 Å². The summed E-state index contributed by atoms with van der Waals surface area (Å²) in [5, 5.41) is 26.3. The Labute approximate surface area is 146 Å². The molecule has 0 saturated carbocycles. The zero-order valence-corrected chi connectivity index (χ0v) is 13.7. The Morgan fingerprint density at radius 1 is 1.35 bits per heavy atom. The quantitative estimate of drug-likeness (QED) is 0.507. The van der Waals surface area contributed by atoms with Gasteiger partial charge < -0.3 is 30.4 Å². The fraction of sp³-hybridized carbons (Fsp3) is 0.429. The summed E-state index contributed by atoms with van der Waals surface area (Å²) >= 11 is 0. The van der Waals surface area contributed by atoms with Crippen LogP contribution in [0.2, 0.25) is 0 Å². The molecule has 1 aliphatic heterocycles. The Morgan fingerprint density at radius 3 is 2.38 bits per heavy atom. The van der Waals surface area contributed by atoms with Crippen LogP contribution in [0, 0.1) is 6.92 Å². The molecule has 5 N–H and O–H groups in total. The van der Waals surface area contributed by atoms with Crippen molar-refractivity contribution in [3.8, 4) is 5.75 Å². The lowest BCUT2D eigenvalue weighted by Crippen LogP contribution is -2.30. The molecule has 0 radical (unpaired) electrons. The monoisotopic (exact) mass is 379 g/mol. The smallest absolute Gasteiger partial charge is 0.490 e. The molecule has 0 bridgehead atoms.